The third-order valence-electron chi connectivity index (χ3n) is 5.02. The average Bonchev–Trinajstić information content (AvgIpc) is 3.23. The SMILES string of the molecule is Cc1ccc(NCC(=O)N/N=C/c2cc([N+](=O)[O-])ccc2N2CCCC2)cc1C. The summed E-state index contributed by atoms with van der Waals surface area (Å²) in [5, 5.41) is 18.2. The van der Waals surface area contributed by atoms with Crippen LogP contribution in [0.25, 0.3) is 0 Å². The number of amides is 1. The van der Waals surface area contributed by atoms with E-state index in [-0.39, 0.29) is 18.1 Å². The highest BCUT2D eigenvalue weighted by Crippen LogP contribution is 2.27. The number of nitrogens with zero attached hydrogens (tertiary/aromatic N) is 3. The molecule has 0 aliphatic carbocycles. The largest absolute Gasteiger partial charge is 0.376 e. The van der Waals surface area contributed by atoms with Gasteiger partial charge in [-0.25, -0.2) is 5.43 Å². The van der Waals surface area contributed by atoms with Gasteiger partial charge in [0, 0.05) is 42.2 Å². The van der Waals surface area contributed by atoms with Crippen LogP contribution in [0.4, 0.5) is 17.1 Å². The Morgan fingerprint density at radius 2 is 1.93 bits per heavy atom. The molecule has 0 radical (unpaired) electrons. The topological polar surface area (TPSA) is 99.9 Å². The van der Waals surface area contributed by atoms with Crippen molar-refractivity contribution in [1.29, 1.82) is 0 Å². The fourth-order valence-corrected chi connectivity index (χ4v) is 3.25. The number of carbonyl (C=O) groups excluding carboxylic acids is 1. The molecule has 1 amide bonds. The first-order valence-corrected chi connectivity index (χ1v) is 9.60. The smallest absolute Gasteiger partial charge is 0.270 e. The number of non-ortho nitro benzene ring substituents is 1. The standard InChI is InChI=1S/C21H25N5O3/c1-15-5-6-18(11-16(15)2)22-14-21(27)24-23-13-17-12-19(26(28)29)7-8-20(17)25-9-3-4-10-25/h5-8,11-13,22H,3-4,9-10,14H2,1-2H3,(H,24,27)/b23-13+. The van der Waals surface area contributed by atoms with Crippen LogP contribution in [0.3, 0.4) is 0 Å². The predicted octanol–water partition coefficient (Wildman–Crippen LogP) is 3.37. The van der Waals surface area contributed by atoms with Gasteiger partial charge in [-0.3, -0.25) is 14.9 Å². The summed E-state index contributed by atoms with van der Waals surface area (Å²) in [4.78, 5) is 24.9. The Labute approximate surface area is 169 Å². The highest BCUT2D eigenvalue weighted by molar-refractivity contribution is 5.90. The Morgan fingerprint density at radius 3 is 2.62 bits per heavy atom. The van der Waals surface area contributed by atoms with Crippen LogP contribution >= 0.6 is 0 Å². The summed E-state index contributed by atoms with van der Waals surface area (Å²) in [6, 6.07) is 10.6. The van der Waals surface area contributed by atoms with Gasteiger partial charge in [-0.05, 0) is 56.0 Å². The molecule has 1 saturated heterocycles. The van der Waals surface area contributed by atoms with Crippen molar-refractivity contribution >= 4 is 29.2 Å². The van der Waals surface area contributed by atoms with Gasteiger partial charge in [0.2, 0.25) is 0 Å². The minimum absolute atomic E-state index is 0.00266. The molecule has 29 heavy (non-hydrogen) atoms. The number of hydrazone groups is 1. The molecular weight excluding hydrogens is 370 g/mol. The number of nitro groups is 1. The Kier molecular flexibility index (Phi) is 6.43. The van der Waals surface area contributed by atoms with Crippen molar-refractivity contribution in [1.82, 2.24) is 5.43 Å². The summed E-state index contributed by atoms with van der Waals surface area (Å²) in [5.41, 5.74) is 7.17. The summed E-state index contributed by atoms with van der Waals surface area (Å²) in [6.07, 6.45) is 3.65. The second-order valence-electron chi connectivity index (χ2n) is 7.14. The molecule has 8 heteroatoms. The van der Waals surface area contributed by atoms with Crippen molar-refractivity contribution in [3.8, 4) is 0 Å². The van der Waals surface area contributed by atoms with Crippen molar-refractivity contribution in [3.05, 3.63) is 63.2 Å². The van der Waals surface area contributed by atoms with Crippen LogP contribution in [0, 0.1) is 24.0 Å². The van der Waals surface area contributed by atoms with E-state index in [1.54, 1.807) is 6.07 Å². The normalized spacial score (nSPS) is 13.7. The molecule has 3 rings (SSSR count). The number of carbonyl (C=O) groups is 1. The fourth-order valence-electron chi connectivity index (χ4n) is 3.25. The average molecular weight is 395 g/mol. The lowest BCUT2D eigenvalue weighted by Crippen LogP contribution is -2.26. The molecule has 0 spiro atoms. The van der Waals surface area contributed by atoms with Gasteiger partial charge in [0.1, 0.15) is 0 Å². The van der Waals surface area contributed by atoms with Crippen molar-refractivity contribution in [2.24, 2.45) is 5.10 Å². The number of anilines is 2. The number of rotatable bonds is 7. The van der Waals surface area contributed by atoms with Crippen LogP contribution in [0.5, 0.6) is 0 Å². The minimum atomic E-state index is -0.433. The molecule has 152 valence electrons. The van der Waals surface area contributed by atoms with E-state index in [0.717, 1.165) is 42.9 Å². The zero-order valence-electron chi connectivity index (χ0n) is 16.6. The quantitative estimate of drug-likeness (QED) is 0.425. The van der Waals surface area contributed by atoms with E-state index in [4.69, 9.17) is 0 Å². The van der Waals surface area contributed by atoms with Crippen LogP contribution in [-0.4, -0.2) is 36.7 Å². The van der Waals surface area contributed by atoms with Crippen molar-refractivity contribution < 1.29 is 9.72 Å². The molecule has 0 saturated carbocycles. The van der Waals surface area contributed by atoms with Crippen LogP contribution in [0.2, 0.25) is 0 Å². The van der Waals surface area contributed by atoms with Crippen LogP contribution in [0.15, 0.2) is 41.5 Å². The maximum atomic E-state index is 12.1. The molecule has 2 aromatic carbocycles. The van der Waals surface area contributed by atoms with Crippen molar-refractivity contribution in [2.75, 3.05) is 29.9 Å². The van der Waals surface area contributed by atoms with Gasteiger partial charge in [0.25, 0.3) is 11.6 Å². The first-order chi connectivity index (χ1) is 13.9. The lowest BCUT2D eigenvalue weighted by Gasteiger charge is -2.19. The molecule has 1 fully saturated rings. The van der Waals surface area contributed by atoms with E-state index in [1.165, 1.54) is 23.9 Å². The van der Waals surface area contributed by atoms with Gasteiger partial charge in [-0.2, -0.15) is 5.10 Å². The Balaban J connectivity index is 1.63. The van der Waals surface area contributed by atoms with Crippen LogP contribution in [-0.2, 0) is 4.79 Å². The van der Waals surface area contributed by atoms with E-state index in [1.807, 2.05) is 32.0 Å². The Bertz CT molecular complexity index is 936. The van der Waals surface area contributed by atoms with E-state index < -0.39 is 4.92 Å². The molecule has 0 bridgehead atoms. The Hall–Kier alpha value is -3.42. The Morgan fingerprint density at radius 1 is 1.17 bits per heavy atom. The summed E-state index contributed by atoms with van der Waals surface area (Å²) in [7, 11) is 0. The molecule has 1 heterocycles. The highest BCUT2D eigenvalue weighted by atomic mass is 16.6. The van der Waals surface area contributed by atoms with Gasteiger partial charge in [-0.15, -0.1) is 0 Å². The lowest BCUT2D eigenvalue weighted by molar-refractivity contribution is -0.384. The molecule has 2 aromatic rings. The molecule has 0 unspecified atom stereocenters. The summed E-state index contributed by atoms with van der Waals surface area (Å²) in [6.45, 7) is 5.94. The summed E-state index contributed by atoms with van der Waals surface area (Å²) >= 11 is 0. The third kappa shape index (κ3) is 5.31. The second kappa shape index (κ2) is 9.18. The molecule has 1 aliphatic heterocycles. The van der Waals surface area contributed by atoms with E-state index >= 15 is 0 Å². The zero-order valence-corrected chi connectivity index (χ0v) is 16.6. The van der Waals surface area contributed by atoms with Gasteiger partial charge < -0.3 is 10.2 Å². The second-order valence-corrected chi connectivity index (χ2v) is 7.14. The maximum Gasteiger partial charge on any atom is 0.270 e. The molecule has 0 aromatic heterocycles. The van der Waals surface area contributed by atoms with Crippen molar-refractivity contribution in [3.63, 3.8) is 0 Å². The molecule has 0 atom stereocenters. The fraction of sp³-hybridized carbons (Fsp3) is 0.333. The first kappa shape index (κ1) is 20.3. The lowest BCUT2D eigenvalue weighted by atomic mass is 10.1. The number of nitro benzene ring substituents is 1. The van der Waals surface area contributed by atoms with Crippen LogP contribution < -0.4 is 15.6 Å². The molecule has 2 N–H and O–H groups in total. The monoisotopic (exact) mass is 395 g/mol. The van der Waals surface area contributed by atoms with Crippen molar-refractivity contribution in [2.45, 2.75) is 26.7 Å². The molecule has 1 aliphatic rings. The van der Waals surface area contributed by atoms with E-state index in [0.29, 0.717) is 5.56 Å². The van der Waals surface area contributed by atoms with Crippen LogP contribution in [0.1, 0.15) is 29.5 Å². The number of benzene rings is 2. The number of aryl methyl sites for hydroxylation is 2. The predicted molar refractivity (Wildman–Crippen MR) is 115 cm³/mol. The summed E-state index contributed by atoms with van der Waals surface area (Å²) < 4.78 is 0. The number of hydrogen-bond donors (Lipinski definition) is 2. The third-order valence-corrected chi connectivity index (χ3v) is 5.02. The molecule has 8 nitrogen and oxygen atoms in total. The van der Waals surface area contributed by atoms with E-state index in [9.17, 15) is 14.9 Å². The molecular formula is C21H25N5O3. The van der Waals surface area contributed by atoms with Gasteiger partial charge in [-0.1, -0.05) is 6.07 Å². The number of nitrogens with one attached hydrogen (secondary N) is 2. The van der Waals surface area contributed by atoms with E-state index in [2.05, 4.69) is 20.7 Å². The first-order valence-electron chi connectivity index (χ1n) is 9.60. The van der Waals surface area contributed by atoms with Gasteiger partial charge in [0.05, 0.1) is 17.7 Å². The van der Waals surface area contributed by atoms with Gasteiger partial charge in [0.15, 0.2) is 0 Å². The minimum Gasteiger partial charge on any atom is -0.376 e. The number of hydrogen-bond acceptors (Lipinski definition) is 6. The maximum absolute atomic E-state index is 12.1. The summed E-state index contributed by atoms with van der Waals surface area (Å²) in [5.74, 6) is -0.298. The zero-order chi connectivity index (χ0) is 20.8. The van der Waals surface area contributed by atoms with Gasteiger partial charge >= 0.3 is 0 Å². The highest BCUT2D eigenvalue weighted by Gasteiger charge is 2.17.